The average Bonchev–Trinajstić information content (AvgIpc) is 2.79. The van der Waals surface area contributed by atoms with Gasteiger partial charge in [-0.25, -0.2) is 4.98 Å². The largest absolute Gasteiger partial charge is 0.377 e. The molecular weight excluding hydrogens is 284 g/mol. The van der Waals surface area contributed by atoms with Crippen LogP contribution in [-0.2, 0) is 24.1 Å². The second kappa shape index (κ2) is 5.89. The smallest absolute Gasteiger partial charge is 0.262 e. The van der Waals surface area contributed by atoms with Crippen molar-refractivity contribution in [3.05, 3.63) is 27.1 Å². The number of thiophene rings is 1. The third kappa shape index (κ3) is 2.90. The van der Waals surface area contributed by atoms with Crippen LogP contribution in [-0.4, -0.2) is 22.3 Å². The normalized spacial score (nSPS) is 18.4. The van der Waals surface area contributed by atoms with Gasteiger partial charge in [0.2, 0.25) is 0 Å². The van der Waals surface area contributed by atoms with Crippen molar-refractivity contribution in [1.29, 1.82) is 0 Å². The Kier molecular flexibility index (Phi) is 4.13. The second-order valence-electron chi connectivity index (χ2n) is 6.19. The van der Waals surface area contributed by atoms with Gasteiger partial charge < -0.3 is 4.74 Å². The summed E-state index contributed by atoms with van der Waals surface area (Å²) in [6, 6.07) is 0. The second-order valence-corrected chi connectivity index (χ2v) is 7.28. The summed E-state index contributed by atoms with van der Waals surface area (Å²) in [5.74, 6) is 0.715. The molecule has 0 saturated heterocycles. The van der Waals surface area contributed by atoms with E-state index in [1.807, 2.05) is 13.8 Å². The first-order valence-electron chi connectivity index (χ1n) is 7.67. The van der Waals surface area contributed by atoms with Gasteiger partial charge in [0, 0.05) is 4.88 Å². The molecule has 0 saturated carbocycles. The Hall–Kier alpha value is -1.20. The van der Waals surface area contributed by atoms with Gasteiger partial charge in [0.05, 0.1) is 31.0 Å². The molecular formula is C16H22N2O2S. The lowest BCUT2D eigenvalue weighted by Gasteiger charge is -2.17. The van der Waals surface area contributed by atoms with Gasteiger partial charge in [-0.1, -0.05) is 6.92 Å². The van der Waals surface area contributed by atoms with E-state index in [1.165, 1.54) is 16.9 Å². The summed E-state index contributed by atoms with van der Waals surface area (Å²) in [6.45, 7) is 7.40. The lowest BCUT2D eigenvalue weighted by Crippen LogP contribution is -2.24. The standard InChI is InChI=1S/C16H22N2O2S/c1-10(2)20-7-6-18-9-17-15-14(16(18)19)12-5-4-11(3)8-13(12)21-15/h9-11H,4-8H2,1-3H3/t11-/m1/s1. The number of hydrogen-bond donors (Lipinski definition) is 0. The highest BCUT2D eigenvalue weighted by Gasteiger charge is 2.23. The predicted molar refractivity (Wildman–Crippen MR) is 86.2 cm³/mol. The van der Waals surface area contributed by atoms with Crippen molar-refractivity contribution in [2.45, 2.75) is 52.7 Å². The Bertz CT molecular complexity index is 702. The monoisotopic (exact) mass is 306 g/mol. The van der Waals surface area contributed by atoms with Crippen LogP contribution in [0.3, 0.4) is 0 Å². The van der Waals surface area contributed by atoms with Crippen LogP contribution >= 0.6 is 11.3 Å². The lowest BCUT2D eigenvalue weighted by atomic mass is 9.89. The van der Waals surface area contributed by atoms with E-state index in [9.17, 15) is 4.79 Å². The van der Waals surface area contributed by atoms with Gasteiger partial charge in [-0.2, -0.15) is 0 Å². The molecule has 1 aliphatic carbocycles. The van der Waals surface area contributed by atoms with Crippen molar-refractivity contribution in [3.63, 3.8) is 0 Å². The molecule has 0 N–H and O–H groups in total. The van der Waals surface area contributed by atoms with Gasteiger partial charge in [0.1, 0.15) is 4.83 Å². The molecule has 0 aliphatic heterocycles. The zero-order valence-corrected chi connectivity index (χ0v) is 13.7. The van der Waals surface area contributed by atoms with Crippen molar-refractivity contribution >= 4 is 21.6 Å². The minimum Gasteiger partial charge on any atom is -0.377 e. The molecule has 1 atom stereocenters. The molecule has 0 amide bonds. The van der Waals surface area contributed by atoms with E-state index in [2.05, 4.69) is 11.9 Å². The predicted octanol–water partition coefficient (Wildman–Crippen LogP) is 3.01. The molecule has 5 heteroatoms. The Balaban J connectivity index is 1.95. The van der Waals surface area contributed by atoms with Crippen LogP contribution in [0.25, 0.3) is 10.2 Å². The molecule has 0 bridgehead atoms. The fourth-order valence-corrected chi connectivity index (χ4v) is 4.25. The van der Waals surface area contributed by atoms with Crippen molar-refractivity contribution in [1.82, 2.24) is 9.55 Å². The van der Waals surface area contributed by atoms with Crippen LogP contribution in [0.15, 0.2) is 11.1 Å². The summed E-state index contributed by atoms with van der Waals surface area (Å²) in [5, 5.41) is 0.856. The maximum atomic E-state index is 12.7. The van der Waals surface area contributed by atoms with Crippen molar-refractivity contribution in [3.8, 4) is 0 Å². The Morgan fingerprint density at radius 2 is 2.33 bits per heavy atom. The van der Waals surface area contributed by atoms with Gasteiger partial charge in [-0.3, -0.25) is 9.36 Å². The molecule has 0 unspecified atom stereocenters. The van der Waals surface area contributed by atoms with E-state index in [4.69, 9.17) is 4.74 Å². The average molecular weight is 306 g/mol. The van der Waals surface area contributed by atoms with Gasteiger partial charge in [-0.15, -0.1) is 11.3 Å². The molecule has 4 nitrogen and oxygen atoms in total. The minimum atomic E-state index is 0.0967. The Labute approximate surface area is 128 Å². The topological polar surface area (TPSA) is 44.1 Å². The zero-order valence-electron chi connectivity index (χ0n) is 12.9. The third-order valence-electron chi connectivity index (χ3n) is 4.07. The van der Waals surface area contributed by atoms with Crippen LogP contribution < -0.4 is 5.56 Å². The molecule has 0 fully saturated rings. The minimum absolute atomic E-state index is 0.0967. The Morgan fingerprint density at radius 1 is 1.52 bits per heavy atom. The Morgan fingerprint density at radius 3 is 3.10 bits per heavy atom. The first kappa shape index (κ1) is 14.7. The molecule has 3 rings (SSSR count). The fraction of sp³-hybridized carbons (Fsp3) is 0.625. The number of rotatable bonds is 4. The molecule has 1 aliphatic rings. The van der Waals surface area contributed by atoms with Gasteiger partial charge in [0.15, 0.2) is 0 Å². The van der Waals surface area contributed by atoms with Crippen LogP contribution in [0.4, 0.5) is 0 Å². The first-order chi connectivity index (χ1) is 10.1. The molecule has 2 aromatic heterocycles. The summed E-state index contributed by atoms with van der Waals surface area (Å²) in [4.78, 5) is 19.5. The summed E-state index contributed by atoms with van der Waals surface area (Å²) in [5.41, 5.74) is 1.35. The zero-order chi connectivity index (χ0) is 15.0. The van der Waals surface area contributed by atoms with Crippen LogP contribution in [0.2, 0.25) is 0 Å². The summed E-state index contributed by atoms with van der Waals surface area (Å²) in [7, 11) is 0. The molecule has 0 spiro atoms. The molecule has 0 aromatic carbocycles. The van der Waals surface area contributed by atoms with E-state index < -0.39 is 0 Å². The number of aryl methyl sites for hydroxylation is 1. The highest BCUT2D eigenvalue weighted by molar-refractivity contribution is 7.18. The highest BCUT2D eigenvalue weighted by Crippen LogP contribution is 2.35. The van der Waals surface area contributed by atoms with Gasteiger partial charge >= 0.3 is 0 Å². The third-order valence-corrected chi connectivity index (χ3v) is 5.23. The number of hydrogen-bond acceptors (Lipinski definition) is 4. The summed E-state index contributed by atoms with van der Waals surface area (Å²) < 4.78 is 7.23. The number of aromatic nitrogens is 2. The van der Waals surface area contributed by atoms with Crippen LogP contribution in [0, 0.1) is 5.92 Å². The fourth-order valence-electron chi connectivity index (χ4n) is 2.91. The molecule has 0 radical (unpaired) electrons. The van der Waals surface area contributed by atoms with E-state index in [0.29, 0.717) is 19.1 Å². The number of ether oxygens (including phenoxy) is 1. The number of nitrogens with zero attached hydrogens (tertiary/aromatic N) is 2. The van der Waals surface area contributed by atoms with Gasteiger partial charge in [-0.05, 0) is 44.6 Å². The molecule has 2 heterocycles. The summed E-state index contributed by atoms with van der Waals surface area (Å²) >= 11 is 1.70. The van der Waals surface area contributed by atoms with Crippen molar-refractivity contribution in [2.75, 3.05) is 6.61 Å². The SMILES string of the molecule is CC(C)OCCn1cnc2sc3c(c2c1=O)CC[C@@H](C)C3. The highest BCUT2D eigenvalue weighted by atomic mass is 32.1. The van der Waals surface area contributed by atoms with E-state index in [1.54, 1.807) is 22.2 Å². The van der Waals surface area contributed by atoms with Crippen LogP contribution in [0.1, 0.15) is 37.6 Å². The summed E-state index contributed by atoms with van der Waals surface area (Å²) in [6.07, 6.45) is 5.13. The first-order valence-corrected chi connectivity index (χ1v) is 8.49. The van der Waals surface area contributed by atoms with Crippen LogP contribution in [0.5, 0.6) is 0 Å². The molecule has 114 valence electrons. The van der Waals surface area contributed by atoms with Crippen molar-refractivity contribution < 1.29 is 4.74 Å². The van der Waals surface area contributed by atoms with Gasteiger partial charge in [0.25, 0.3) is 5.56 Å². The number of fused-ring (bicyclic) bond motifs is 3. The van der Waals surface area contributed by atoms with E-state index in [0.717, 1.165) is 23.1 Å². The molecule has 21 heavy (non-hydrogen) atoms. The maximum absolute atomic E-state index is 12.7. The lowest BCUT2D eigenvalue weighted by molar-refractivity contribution is 0.0722. The molecule has 2 aromatic rings. The maximum Gasteiger partial charge on any atom is 0.262 e. The quantitative estimate of drug-likeness (QED) is 0.872. The van der Waals surface area contributed by atoms with E-state index in [-0.39, 0.29) is 11.7 Å². The van der Waals surface area contributed by atoms with Crippen molar-refractivity contribution in [2.24, 2.45) is 5.92 Å². The van der Waals surface area contributed by atoms with E-state index >= 15 is 0 Å².